The Hall–Kier alpha value is -3.67. The molecule has 0 bridgehead atoms. The number of allylic oxidation sites excluding steroid dienone is 16. The predicted octanol–water partition coefficient (Wildman–Crippen LogP) is 17.0. The maximum atomic E-state index is 12.7. The summed E-state index contributed by atoms with van der Waals surface area (Å²) in [5, 5.41) is 0. The van der Waals surface area contributed by atoms with Crippen molar-refractivity contribution in [3.8, 4) is 0 Å². The molecule has 1 unspecified atom stereocenters. The van der Waals surface area contributed by atoms with Gasteiger partial charge in [0.25, 0.3) is 0 Å². The molecule has 0 N–H and O–H groups in total. The smallest absolute Gasteiger partial charge is 0.306 e. The van der Waals surface area contributed by atoms with Gasteiger partial charge in [-0.2, -0.15) is 0 Å². The summed E-state index contributed by atoms with van der Waals surface area (Å²) in [5.41, 5.74) is 0. The molecule has 0 radical (unpaired) electrons. The number of unbranched alkanes of at least 4 members (excludes halogenated alkanes) is 18. The third kappa shape index (κ3) is 49.2. The van der Waals surface area contributed by atoms with E-state index in [9.17, 15) is 14.4 Å². The molecule has 0 aromatic rings. The second-order valence-electron chi connectivity index (χ2n) is 16.7. The molecule has 6 nitrogen and oxygen atoms in total. The summed E-state index contributed by atoms with van der Waals surface area (Å²) in [7, 11) is 0. The Morgan fingerprint density at radius 2 is 0.651 bits per heavy atom. The maximum Gasteiger partial charge on any atom is 0.306 e. The van der Waals surface area contributed by atoms with Crippen LogP contribution in [0.25, 0.3) is 0 Å². The van der Waals surface area contributed by atoms with Crippen LogP contribution in [-0.2, 0) is 28.6 Å². The van der Waals surface area contributed by atoms with Gasteiger partial charge in [0, 0.05) is 19.3 Å². The van der Waals surface area contributed by atoms with Crippen LogP contribution in [0.2, 0.25) is 0 Å². The van der Waals surface area contributed by atoms with E-state index in [4.69, 9.17) is 14.2 Å². The van der Waals surface area contributed by atoms with Crippen LogP contribution < -0.4 is 0 Å². The van der Waals surface area contributed by atoms with Gasteiger partial charge in [-0.25, -0.2) is 0 Å². The topological polar surface area (TPSA) is 78.9 Å². The van der Waals surface area contributed by atoms with Gasteiger partial charge in [0.1, 0.15) is 13.2 Å². The monoisotopic (exact) mass is 875 g/mol. The summed E-state index contributed by atoms with van der Waals surface area (Å²) in [6.07, 6.45) is 66.9. The molecule has 0 aromatic carbocycles. The quantitative estimate of drug-likeness (QED) is 0.0262. The van der Waals surface area contributed by atoms with Gasteiger partial charge in [0.15, 0.2) is 6.10 Å². The molecule has 6 heteroatoms. The second kappa shape index (κ2) is 51.0. The van der Waals surface area contributed by atoms with Crippen LogP contribution in [0.3, 0.4) is 0 Å². The van der Waals surface area contributed by atoms with Crippen molar-refractivity contribution in [3.63, 3.8) is 0 Å². The van der Waals surface area contributed by atoms with Crippen LogP contribution in [0.5, 0.6) is 0 Å². The molecule has 0 aliphatic carbocycles. The Labute approximate surface area is 387 Å². The van der Waals surface area contributed by atoms with Crippen LogP contribution in [0.4, 0.5) is 0 Å². The van der Waals surface area contributed by atoms with E-state index in [2.05, 4.69) is 118 Å². The third-order valence-corrected chi connectivity index (χ3v) is 10.6. The van der Waals surface area contributed by atoms with E-state index in [0.29, 0.717) is 19.3 Å². The molecule has 0 spiro atoms. The van der Waals surface area contributed by atoms with Gasteiger partial charge in [-0.1, -0.05) is 214 Å². The molecule has 0 aliphatic heterocycles. The minimum absolute atomic E-state index is 0.0982. The summed E-state index contributed by atoms with van der Waals surface area (Å²) in [6.45, 7) is 6.41. The average molecular weight is 875 g/mol. The average Bonchev–Trinajstić information content (AvgIpc) is 3.28. The van der Waals surface area contributed by atoms with Crippen molar-refractivity contribution in [1.29, 1.82) is 0 Å². The Bertz CT molecular complexity index is 1280. The molecular weight excluding hydrogens is 781 g/mol. The van der Waals surface area contributed by atoms with Gasteiger partial charge in [-0.15, -0.1) is 0 Å². The number of rotatable bonds is 45. The molecule has 0 saturated carbocycles. The summed E-state index contributed by atoms with van der Waals surface area (Å²) < 4.78 is 16.7. The fraction of sp³-hybridized carbons (Fsp3) is 0.667. The summed E-state index contributed by atoms with van der Waals surface area (Å²) in [4.78, 5) is 37.9. The van der Waals surface area contributed by atoms with Crippen molar-refractivity contribution in [1.82, 2.24) is 0 Å². The molecule has 358 valence electrons. The van der Waals surface area contributed by atoms with Crippen molar-refractivity contribution < 1.29 is 28.6 Å². The first-order valence-electron chi connectivity index (χ1n) is 25.7. The number of esters is 3. The first-order chi connectivity index (χ1) is 31.0. The molecular formula is C57H94O6. The lowest BCUT2D eigenvalue weighted by Crippen LogP contribution is -2.30. The van der Waals surface area contributed by atoms with E-state index in [1.165, 1.54) is 77.0 Å². The standard InChI is InChI=1S/C57H94O6/c1-4-7-10-13-16-19-22-23-24-25-26-27-28-29-30-31-32-33-36-38-41-44-47-50-56(59)62-53-54(63-57(60)51-48-45-42-39-35-21-18-15-12-9-6-3)52-61-55(58)49-46-43-40-37-34-20-17-14-11-8-5-2/h7,10,15-16,18-19,23-24,26-27,29-30,32-33,38,41,54H,4-6,8-9,11-14,17,20-22,25,28,31,34-37,39-40,42-53H2,1-3H3/b10-7-,18-15-,19-16-,24-23-,27-26-,30-29-,33-32-,41-38-. The van der Waals surface area contributed by atoms with Crippen LogP contribution in [0.1, 0.15) is 226 Å². The van der Waals surface area contributed by atoms with Crippen molar-refractivity contribution in [2.75, 3.05) is 13.2 Å². The van der Waals surface area contributed by atoms with E-state index in [1.54, 1.807) is 0 Å². The predicted molar refractivity (Wildman–Crippen MR) is 270 cm³/mol. The molecule has 0 aromatic heterocycles. The molecule has 0 saturated heterocycles. The Kier molecular flexibility index (Phi) is 48.0. The zero-order chi connectivity index (χ0) is 45.8. The van der Waals surface area contributed by atoms with Crippen molar-refractivity contribution >= 4 is 17.9 Å². The highest BCUT2D eigenvalue weighted by molar-refractivity contribution is 5.71. The lowest BCUT2D eigenvalue weighted by Gasteiger charge is -2.18. The minimum Gasteiger partial charge on any atom is -0.462 e. The summed E-state index contributed by atoms with van der Waals surface area (Å²) >= 11 is 0. The Morgan fingerprint density at radius 1 is 0.333 bits per heavy atom. The fourth-order valence-electron chi connectivity index (χ4n) is 6.71. The number of hydrogen-bond acceptors (Lipinski definition) is 6. The van der Waals surface area contributed by atoms with E-state index < -0.39 is 6.10 Å². The van der Waals surface area contributed by atoms with E-state index >= 15 is 0 Å². The van der Waals surface area contributed by atoms with Gasteiger partial charge in [0.05, 0.1) is 0 Å². The molecule has 0 amide bonds. The van der Waals surface area contributed by atoms with Crippen LogP contribution in [0, 0.1) is 0 Å². The van der Waals surface area contributed by atoms with Crippen LogP contribution >= 0.6 is 0 Å². The van der Waals surface area contributed by atoms with E-state index in [1.807, 2.05) is 0 Å². The highest BCUT2D eigenvalue weighted by Gasteiger charge is 2.19. The van der Waals surface area contributed by atoms with Gasteiger partial charge in [0.2, 0.25) is 0 Å². The van der Waals surface area contributed by atoms with Gasteiger partial charge >= 0.3 is 17.9 Å². The molecule has 0 aliphatic rings. The molecule has 0 heterocycles. The summed E-state index contributed by atoms with van der Waals surface area (Å²) in [6, 6.07) is 0. The normalized spacial score (nSPS) is 12.9. The lowest BCUT2D eigenvalue weighted by molar-refractivity contribution is -0.167. The van der Waals surface area contributed by atoms with Gasteiger partial charge in [-0.3, -0.25) is 14.4 Å². The first-order valence-corrected chi connectivity index (χ1v) is 25.7. The third-order valence-electron chi connectivity index (χ3n) is 10.6. The zero-order valence-electron chi connectivity index (χ0n) is 40.8. The summed E-state index contributed by atoms with van der Waals surface area (Å²) in [5.74, 6) is -0.975. The lowest BCUT2D eigenvalue weighted by atomic mass is 10.1. The Morgan fingerprint density at radius 3 is 1.10 bits per heavy atom. The maximum absolute atomic E-state index is 12.7. The molecule has 0 rings (SSSR count). The van der Waals surface area contributed by atoms with Crippen LogP contribution in [-0.4, -0.2) is 37.2 Å². The number of carbonyl (C=O) groups is 3. The first kappa shape index (κ1) is 59.3. The van der Waals surface area contributed by atoms with E-state index in [-0.39, 0.29) is 37.5 Å². The van der Waals surface area contributed by atoms with Crippen molar-refractivity contribution in [3.05, 3.63) is 97.2 Å². The zero-order valence-corrected chi connectivity index (χ0v) is 40.8. The largest absolute Gasteiger partial charge is 0.462 e. The molecule has 0 fully saturated rings. The number of ether oxygens (including phenoxy) is 3. The van der Waals surface area contributed by atoms with Crippen molar-refractivity contribution in [2.24, 2.45) is 0 Å². The minimum atomic E-state index is -0.802. The van der Waals surface area contributed by atoms with E-state index in [0.717, 1.165) is 103 Å². The fourth-order valence-corrected chi connectivity index (χ4v) is 6.71. The highest BCUT2D eigenvalue weighted by Crippen LogP contribution is 2.14. The SMILES string of the molecule is CC/C=C\C/C=C\C/C=C\C/C=C\C/C=C\C/C=C\C/C=C\CCCC(=O)OCC(COC(=O)CCCCCCCCCCCCC)OC(=O)CCCCCCC/C=C\CCCC. The second-order valence-corrected chi connectivity index (χ2v) is 16.7. The van der Waals surface area contributed by atoms with Crippen LogP contribution in [0.15, 0.2) is 97.2 Å². The Balaban J connectivity index is 4.42. The molecule has 1 atom stereocenters. The van der Waals surface area contributed by atoms with Gasteiger partial charge in [-0.05, 0) is 89.9 Å². The number of carbonyl (C=O) groups excluding carboxylic acids is 3. The van der Waals surface area contributed by atoms with Gasteiger partial charge < -0.3 is 14.2 Å². The van der Waals surface area contributed by atoms with Crippen molar-refractivity contribution in [2.45, 2.75) is 232 Å². The number of hydrogen-bond donors (Lipinski definition) is 0. The highest BCUT2D eigenvalue weighted by atomic mass is 16.6. The molecule has 63 heavy (non-hydrogen) atoms.